The van der Waals surface area contributed by atoms with Crippen molar-refractivity contribution in [3.8, 4) is 0 Å². The van der Waals surface area contributed by atoms with Gasteiger partial charge >= 0.3 is 0 Å². The number of nitrogens with one attached hydrogen (secondary N) is 1. The van der Waals surface area contributed by atoms with Crippen LogP contribution >= 0.6 is 11.6 Å². The van der Waals surface area contributed by atoms with E-state index in [0.29, 0.717) is 24.1 Å². The highest BCUT2D eigenvalue weighted by molar-refractivity contribution is 6.30. The van der Waals surface area contributed by atoms with E-state index in [0.717, 1.165) is 31.0 Å². The molecule has 0 aliphatic carbocycles. The van der Waals surface area contributed by atoms with Crippen LogP contribution in [0.15, 0.2) is 30.5 Å². The highest BCUT2D eigenvalue weighted by Gasteiger charge is 2.17. The molecule has 0 atom stereocenters. The highest BCUT2D eigenvalue weighted by atomic mass is 35.5. The number of aromatic nitrogens is 3. The molecular formula is C14H15ClN6O. The minimum Gasteiger partial charge on any atom is -0.352 e. The fourth-order valence-corrected chi connectivity index (χ4v) is 2.44. The summed E-state index contributed by atoms with van der Waals surface area (Å²) in [7, 11) is 0. The second-order valence-electron chi connectivity index (χ2n) is 4.90. The van der Waals surface area contributed by atoms with Crippen molar-refractivity contribution >= 4 is 35.5 Å². The number of carbonyl (C=O) groups is 1. The van der Waals surface area contributed by atoms with Gasteiger partial charge in [-0.3, -0.25) is 4.79 Å². The van der Waals surface area contributed by atoms with E-state index in [2.05, 4.69) is 25.4 Å². The Morgan fingerprint density at radius 1 is 1.23 bits per heavy atom. The van der Waals surface area contributed by atoms with Crippen molar-refractivity contribution in [1.82, 2.24) is 20.1 Å². The molecule has 0 saturated carbocycles. The number of nitrogens with zero attached hydrogens (tertiary/aromatic N) is 5. The summed E-state index contributed by atoms with van der Waals surface area (Å²) in [4.78, 5) is 19.0. The summed E-state index contributed by atoms with van der Waals surface area (Å²) in [6, 6.07) is 7.32. The first-order chi connectivity index (χ1) is 10.7. The van der Waals surface area contributed by atoms with Gasteiger partial charge in [0.05, 0.1) is 6.20 Å². The van der Waals surface area contributed by atoms with Crippen LogP contribution in [0.1, 0.15) is 0 Å². The standard InChI is InChI=1S/C14H15ClN6O/c15-11-2-1-3-12(8-11)17-14-18-13(9-16-19-14)21-6-4-20(10-22)5-7-21/h1-3,8-10H,4-7H2,(H,17,18,19). The van der Waals surface area contributed by atoms with Crippen molar-refractivity contribution in [3.05, 3.63) is 35.5 Å². The van der Waals surface area contributed by atoms with Crippen LogP contribution in [-0.2, 0) is 4.79 Å². The number of benzene rings is 1. The van der Waals surface area contributed by atoms with Gasteiger partial charge in [-0.1, -0.05) is 17.7 Å². The van der Waals surface area contributed by atoms with Crippen LogP contribution in [0.3, 0.4) is 0 Å². The van der Waals surface area contributed by atoms with Gasteiger partial charge in [0.2, 0.25) is 12.4 Å². The van der Waals surface area contributed by atoms with E-state index in [4.69, 9.17) is 11.6 Å². The quantitative estimate of drug-likeness (QED) is 0.862. The molecule has 1 amide bonds. The summed E-state index contributed by atoms with van der Waals surface area (Å²) < 4.78 is 0. The molecule has 2 aromatic rings. The SMILES string of the molecule is O=CN1CCN(c2cnnc(Nc3cccc(Cl)c3)n2)CC1. The molecule has 1 aliphatic heterocycles. The van der Waals surface area contributed by atoms with Crippen molar-refractivity contribution in [3.63, 3.8) is 0 Å². The molecule has 0 spiro atoms. The summed E-state index contributed by atoms with van der Waals surface area (Å²) in [6.45, 7) is 2.83. The Labute approximate surface area is 132 Å². The lowest BCUT2D eigenvalue weighted by atomic mass is 10.3. The molecule has 7 nitrogen and oxygen atoms in total. The number of rotatable bonds is 4. The Morgan fingerprint density at radius 2 is 2.05 bits per heavy atom. The average molecular weight is 319 g/mol. The molecule has 1 fully saturated rings. The molecule has 22 heavy (non-hydrogen) atoms. The van der Waals surface area contributed by atoms with E-state index in [1.165, 1.54) is 0 Å². The predicted molar refractivity (Wildman–Crippen MR) is 84.4 cm³/mol. The number of carbonyl (C=O) groups excluding carboxylic acids is 1. The van der Waals surface area contributed by atoms with Crippen LogP contribution < -0.4 is 10.2 Å². The molecular weight excluding hydrogens is 304 g/mol. The first-order valence-corrected chi connectivity index (χ1v) is 7.29. The monoisotopic (exact) mass is 318 g/mol. The zero-order chi connectivity index (χ0) is 15.4. The molecule has 1 aromatic carbocycles. The summed E-state index contributed by atoms with van der Waals surface area (Å²) in [5.41, 5.74) is 0.803. The van der Waals surface area contributed by atoms with Gasteiger partial charge in [-0.15, -0.1) is 5.10 Å². The van der Waals surface area contributed by atoms with E-state index >= 15 is 0 Å². The van der Waals surface area contributed by atoms with Crippen molar-refractivity contribution in [2.75, 3.05) is 36.4 Å². The zero-order valence-electron chi connectivity index (χ0n) is 11.8. The molecule has 1 saturated heterocycles. The summed E-state index contributed by atoms with van der Waals surface area (Å²) >= 11 is 5.95. The van der Waals surface area contributed by atoms with Crippen LogP contribution in [0.4, 0.5) is 17.5 Å². The van der Waals surface area contributed by atoms with Gasteiger partial charge < -0.3 is 15.1 Å². The minimum absolute atomic E-state index is 0.414. The minimum atomic E-state index is 0.414. The third-order valence-corrected chi connectivity index (χ3v) is 3.65. The van der Waals surface area contributed by atoms with E-state index in [-0.39, 0.29) is 0 Å². The van der Waals surface area contributed by atoms with Crippen molar-refractivity contribution in [2.24, 2.45) is 0 Å². The molecule has 1 N–H and O–H groups in total. The predicted octanol–water partition coefficient (Wildman–Crippen LogP) is 1.55. The van der Waals surface area contributed by atoms with Gasteiger partial charge in [0.25, 0.3) is 0 Å². The van der Waals surface area contributed by atoms with Crippen LogP contribution in [-0.4, -0.2) is 52.7 Å². The first-order valence-electron chi connectivity index (χ1n) is 6.91. The summed E-state index contributed by atoms with van der Waals surface area (Å²) in [5, 5.41) is 11.7. The molecule has 3 rings (SSSR count). The van der Waals surface area contributed by atoms with Gasteiger partial charge in [-0.05, 0) is 18.2 Å². The fraction of sp³-hybridized carbons (Fsp3) is 0.286. The van der Waals surface area contributed by atoms with E-state index in [1.54, 1.807) is 23.2 Å². The van der Waals surface area contributed by atoms with Crippen molar-refractivity contribution < 1.29 is 4.79 Å². The topological polar surface area (TPSA) is 74.2 Å². The summed E-state index contributed by atoms with van der Waals surface area (Å²) in [6.07, 6.45) is 2.50. The van der Waals surface area contributed by atoms with Gasteiger partial charge in [-0.2, -0.15) is 10.1 Å². The van der Waals surface area contributed by atoms with Gasteiger partial charge in [-0.25, -0.2) is 0 Å². The largest absolute Gasteiger partial charge is 0.352 e. The molecule has 0 radical (unpaired) electrons. The highest BCUT2D eigenvalue weighted by Crippen LogP contribution is 2.19. The third-order valence-electron chi connectivity index (χ3n) is 3.41. The lowest BCUT2D eigenvalue weighted by Gasteiger charge is -2.33. The fourth-order valence-electron chi connectivity index (χ4n) is 2.25. The maximum atomic E-state index is 10.7. The van der Waals surface area contributed by atoms with E-state index in [9.17, 15) is 4.79 Å². The van der Waals surface area contributed by atoms with Crippen LogP contribution in [0.2, 0.25) is 5.02 Å². The van der Waals surface area contributed by atoms with Gasteiger partial charge in [0, 0.05) is 36.9 Å². The summed E-state index contributed by atoms with van der Waals surface area (Å²) in [5.74, 6) is 1.16. The van der Waals surface area contributed by atoms with Crippen LogP contribution in [0, 0.1) is 0 Å². The lowest BCUT2D eigenvalue weighted by molar-refractivity contribution is -0.118. The molecule has 8 heteroatoms. The Morgan fingerprint density at radius 3 is 2.77 bits per heavy atom. The third kappa shape index (κ3) is 3.43. The number of anilines is 3. The number of hydrogen-bond donors (Lipinski definition) is 1. The number of halogens is 1. The molecule has 2 heterocycles. The van der Waals surface area contributed by atoms with Gasteiger partial charge in [0.1, 0.15) is 0 Å². The smallest absolute Gasteiger partial charge is 0.249 e. The maximum Gasteiger partial charge on any atom is 0.249 e. The Hall–Kier alpha value is -2.41. The average Bonchev–Trinajstić information content (AvgIpc) is 2.55. The number of amides is 1. The van der Waals surface area contributed by atoms with Crippen LogP contribution in [0.5, 0.6) is 0 Å². The van der Waals surface area contributed by atoms with E-state index < -0.39 is 0 Å². The maximum absolute atomic E-state index is 10.7. The van der Waals surface area contributed by atoms with Crippen LogP contribution in [0.25, 0.3) is 0 Å². The molecule has 1 aromatic heterocycles. The first kappa shape index (κ1) is 14.5. The van der Waals surface area contributed by atoms with E-state index in [1.807, 2.05) is 12.1 Å². The second-order valence-corrected chi connectivity index (χ2v) is 5.34. The molecule has 114 valence electrons. The Kier molecular flexibility index (Phi) is 4.34. The lowest BCUT2D eigenvalue weighted by Crippen LogP contribution is -2.46. The Bertz CT molecular complexity index is 659. The molecule has 0 unspecified atom stereocenters. The number of piperazine rings is 1. The van der Waals surface area contributed by atoms with Gasteiger partial charge in [0.15, 0.2) is 5.82 Å². The second kappa shape index (κ2) is 6.57. The normalized spacial score (nSPS) is 14.8. The Balaban J connectivity index is 1.71. The molecule has 1 aliphatic rings. The zero-order valence-corrected chi connectivity index (χ0v) is 12.6. The van der Waals surface area contributed by atoms with Crippen molar-refractivity contribution in [2.45, 2.75) is 0 Å². The van der Waals surface area contributed by atoms with Crippen molar-refractivity contribution in [1.29, 1.82) is 0 Å². The molecule has 0 bridgehead atoms. The number of hydrogen-bond acceptors (Lipinski definition) is 6.